The third-order valence-corrected chi connectivity index (χ3v) is 5.32. The summed E-state index contributed by atoms with van der Waals surface area (Å²) in [4.78, 5) is 0. The Labute approximate surface area is 169 Å². The maximum absolute atomic E-state index is 6.12. The molecular formula is C22H47BrN2. The van der Waals surface area contributed by atoms with Gasteiger partial charge >= 0.3 is 0 Å². The van der Waals surface area contributed by atoms with Crippen LogP contribution in [0.25, 0.3) is 0 Å². The molecule has 0 heterocycles. The first-order chi connectivity index (χ1) is 11.6. The number of unbranched alkanes of at least 4 members (excludes halogenated alkanes) is 10. The lowest BCUT2D eigenvalue weighted by Crippen LogP contribution is -3.00. The van der Waals surface area contributed by atoms with E-state index in [0.29, 0.717) is 0 Å². The third kappa shape index (κ3) is 18.5. The zero-order valence-corrected chi connectivity index (χ0v) is 19.4. The molecule has 1 unspecified atom stereocenters. The second-order valence-corrected chi connectivity index (χ2v) is 7.90. The first-order valence-electron chi connectivity index (χ1n) is 10.9. The van der Waals surface area contributed by atoms with Crippen LogP contribution in [-0.4, -0.2) is 24.5 Å². The molecule has 0 rings (SSSR count). The molecule has 0 radical (unpaired) electrons. The second kappa shape index (κ2) is 20.3. The molecule has 0 amide bonds. The van der Waals surface area contributed by atoms with E-state index in [0.717, 1.165) is 18.2 Å². The Morgan fingerprint density at radius 2 is 1.08 bits per heavy atom. The zero-order chi connectivity index (χ0) is 18.0. The Kier molecular flexibility index (Phi) is 22.0. The van der Waals surface area contributed by atoms with Crippen molar-refractivity contribution in [2.45, 2.75) is 117 Å². The Morgan fingerprint density at radius 3 is 1.52 bits per heavy atom. The van der Waals surface area contributed by atoms with E-state index in [4.69, 9.17) is 5.73 Å². The summed E-state index contributed by atoms with van der Waals surface area (Å²) in [6, 6.07) is 0. The molecule has 0 aliphatic carbocycles. The predicted molar refractivity (Wildman–Crippen MR) is 110 cm³/mol. The summed E-state index contributed by atoms with van der Waals surface area (Å²) in [6.45, 7) is 4.59. The van der Waals surface area contributed by atoms with Gasteiger partial charge in [-0.25, -0.2) is 0 Å². The van der Waals surface area contributed by atoms with Crippen molar-refractivity contribution in [2.75, 3.05) is 14.1 Å². The van der Waals surface area contributed by atoms with E-state index in [1.54, 1.807) is 0 Å². The van der Waals surface area contributed by atoms with Gasteiger partial charge in [-0.2, -0.15) is 0 Å². The van der Waals surface area contributed by atoms with Gasteiger partial charge in [-0.3, -0.25) is 10.3 Å². The first-order valence-corrected chi connectivity index (χ1v) is 10.9. The van der Waals surface area contributed by atoms with Crippen LogP contribution in [0.3, 0.4) is 0 Å². The second-order valence-electron chi connectivity index (χ2n) is 7.90. The minimum Gasteiger partial charge on any atom is -1.00 e. The fourth-order valence-electron chi connectivity index (χ4n) is 3.44. The number of nitrogens with zero attached hydrogens (tertiary/aromatic N) is 1. The van der Waals surface area contributed by atoms with Crippen molar-refractivity contribution >= 4 is 5.84 Å². The van der Waals surface area contributed by atoms with Crippen molar-refractivity contribution in [3.63, 3.8) is 0 Å². The molecular weight excluding hydrogens is 372 g/mol. The summed E-state index contributed by atoms with van der Waals surface area (Å²) in [7, 11) is 4.12. The predicted octanol–water partition coefficient (Wildman–Crippen LogP) is 3.52. The van der Waals surface area contributed by atoms with Gasteiger partial charge in [0.2, 0.25) is 5.84 Å². The van der Waals surface area contributed by atoms with Gasteiger partial charge < -0.3 is 17.0 Å². The van der Waals surface area contributed by atoms with Crippen molar-refractivity contribution in [3.05, 3.63) is 0 Å². The van der Waals surface area contributed by atoms with Crippen molar-refractivity contribution in [1.82, 2.24) is 0 Å². The third-order valence-electron chi connectivity index (χ3n) is 5.32. The van der Waals surface area contributed by atoms with Crippen molar-refractivity contribution < 1.29 is 21.6 Å². The van der Waals surface area contributed by atoms with Gasteiger partial charge in [-0.1, -0.05) is 104 Å². The molecule has 0 spiro atoms. The van der Waals surface area contributed by atoms with Crippen LogP contribution in [0.5, 0.6) is 0 Å². The summed E-state index contributed by atoms with van der Waals surface area (Å²) < 4.78 is 2.07. The van der Waals surface area contributed by atoms with Gasteiger partial charge in [0.05, 0.1) is 14.1 Å². The number of hydrogen-bond donors (Lipinski definition) is 1. The molecule has 0 aromatic rings. The van der Waals surface area contributed by atoms with E-state index in [2.05, 4.69) is 32.5 Å². The maximum atomic E-state index is 6.12. The standard InChI is InChI=1S/C22H46N2.BrH/c1-5-7-9-11-12-13-14-16-18-21(17-15-10-8-6-2)19-20-22(23)24(3)4;/h21,23H,5-20H2,1-4H3;1H. The van der Waals surface area contributed by atoms with Crippen molar-refractivity contribution in [3.8, 4) is 0 Å². The monoisotopic (exact) mass is 418 g/mol. The maximum Gasteiger partial charge on any atom is 0.242 e. The van der Waals surface area contributed by atoms with Crippen LogP contribution < -0.4 is 22.7 Å². The van der Waals surface area contributed by atoms with Gasteiger partial charge in [0.25, 0.3) is 0 Å². The normalized spacial score (nSPS) is 11.8. The highest BCUT2D eigenvalue weighted by atomic mass is 79.9. The lowest BCUT2D eigenvalue weighted by Gasteiger charge is -2.16. The van der Waals surface area contributed by atoms with Gasteiger partial charge in [0, 0.05) is 6.42 Å². The highest BCUT2D eigenvalue weighted by Gasteiger charge is 2.11. The largest absolute Gasteiger partial charge is 1.00 e. The molecule has 0 saturated heterocycles. The quantitative estimate of drug-likeness (QED) is 0.166. The van der Waals surface area contributed by atoms with E-state index in [-0.39, 0.29) is 17.0 Å². The topological polar surface area (TPSA) is 29.0 Å². The van der Waals surface area contributed by atoms with Crippen LogP contribution in [-0.2, 0) is 0 Å². The lowest BCUT2D eigenvalue weighted by atomic mass is 9.90. The molecule has 0 aliphatic rings. The van der Waals surface area contributed by atoms with Crippen LogP contribution in [0.4, 0.5) is 0 Å². The number of hydrogen-bond acceptors (Lipinski definition) is 0. The molecule has 0 aromatic carbocycles. The molecule has 0 saturated carbocycles. The van der Waals surface area contributed by atoms with Gasteiger partial charge in [0.1, 0.15) is 0 Å². The van der Waals surface area contributed by atoms with E-state index in [1.165, 1.54) is 96.3 Å². The summed E-state index contributed by atoms with van der Waals surface area (Å²) >= 11 is 0. The van der Waals surface area contributed by atoms with E-state index < -0.39 is 0 Å². The smallest absolute Gasteiger partial charge is 0.242 e. The fraction of sp³-hybridized carbons (Fsp3) is 0.955. The van der Waals surface area contributed by atoms with E-state index in [9.17, 15) is 0 Å². The Bertz CT molecular complexity index is 298. The van der Waals surface area contributed by atoms with E-state index >= 15 is 0 Å². The molecule has 1 atom stereocenters. The van der Waals surface area contributed by atoms with Crippen molar-refractivity contribution in [1.29, 1.82) is 0 Å². The molecule has 152 valence electrons. The van der Waals surface area contributed by atoms with Crippen LogP contribution in [0, 0.1) is 5.92 Å². The molecule has 0 aromatic heterocycles. The summed E-state index contributed by atoms with van der Waals surface area (Å²) in [5.74, 6) is 1.94. The minimum atomic E-state index is 0. The molecule has 0 aliphatic heterocycles. The lowest BCUT2D eigenvalue weighted by molar-refractivity contribution is -0.466. The molecule has 0 bridgehead atoms. The molecule has 0 fully saturated rings. The van der Waals surface area contributed by atoms with Gasteiger partial charge in [-0.05, 0) is 12.3 Å². The Hall–Kier alpha value is -0.0500. The average Bonchev–Trinajstić information content (AvgIpc) is 2.57. The van der Waals surface area contributed by atoms with Crippen LogP contribution in [0.15, 0.2) is 0 Å². The Balaban J connectivity index is 0. The van der Waals surface area contributed by atoms with Crippen LogP contribution >= 0.6 is 0 Å². The highest BCUT2D eigenvalue weighted by Crippen LogP contribution is 2.23. The summed E-state index contributed by atoms with van der Waals surface area (Å²) in [5.41, 5.74) is 6.12. The minimum absolute atomic E-state index is 0. The zero-order valence-electron chi connectivity index (χ0n) is 17.8. The van der Waals surface area contributed by atoms with Crippen molar-refractivity contribution in [2.24, 2.45) is 11.7 Å². The fourth-order valence-corrected chi connectivity index (χ4v) is 3.44. The van der Waals surface area contributed by atoms with Gasteiger partial charge in [-0.15, -0.1) is 0 Å². The van der Waals surface area contributed by atoms with Gasteiger partial charge in [0.15, 0.2) is 0 Å². The summed E-state index contributed by atoms with van der Waals surface area (Å²) in [6.07, 6.45) is 22.2. The Morgan fingerprint density at radius 1 is 0.680 bits per heavy atom. The number of halogens is 1. The summed E-state index contributed by atoms with van der Waals surface area (Å²) in [5, 5.41) is 0. The molecule has 2 nitrogen and oxygen atoms in total. The SMILES string of the molecule is CCCCCCCCCCC(CCCCCC)CCC(N)=[N+](C)C.[Br-]. The number of nitrogens with two attached hydrogens (primary N) is 1. The molecule has 3 heteroatoms. The number of amidine groups is 1. The first kappa shape index (κ1) is 27.2. The molecule has 25 heavy (non-hydrogen) atoms. The number of rotatable bonds is 17. The highest BCUT2D eigenvalue weighted by molar-refractivity contribution is 5.75. The van der Waals surface area contributed by atoms with Crippen LogP contribution in [0.1, 0.15) is 117 Å². The average molecular weight is 420 g/mol. The van der Waals surface area contributed by atoms with E-state index in [1.807, 2.05) is 0 Å². The molecule has 2 N–H and O–H groups in total. The van der Waals surface area contributed by atoms with Crippen LogP contribution in [0.2, 0.25) is 0 Å².